The fraction of sp³-hybridized carbons (Fsp3) is 0.750. The van der Waals surface area contributed by atoms with Gasteiger partial charge in [0.2, 0.25) is 11.8 Å². The van der Waals surface area contributed by atoms with Crippen LogP contribution in [0.4, 0.5) is 0 Å². The van der Waals surface area contributed by atoms with Crippen molar-refractivity contribution < 1.29 is 9.59 Å². The lowest BCUT2D eigenvalue weighted by Crippen LogP contribution is -2.54. The first-order valence-corrected chi connectivity index (χ1v) is 10.0. The second kappa shape index (κ2) is 6.39. The Morgan fingerprint density at radius 1 is 1.35 bits per heavy atom. The molecule has 4 atom stereocenters. The van der Waals surface area contributed by atoms with Gasteiger partial charge >= 0.3 is 0 Å². The van der Waals surface area contributed by atoms with Crippen LogP contribution in [0.5, 0.6) is 0 Å². The highest BCUT2D eigenvalue weighted by Crippen LogP contribution is 2.59. The van der Waals surface area contributed by atoms with Crippen molar-refractivity contribution in [1.29, 1.82) is 0 Å². The molecule has 3 aliphatic rings. The van der Waals surface area contributed by atoms with Crippen LogP contribution in [0, 0.1) is 12.8 Å². The molecule has 4 rings (SSSR count). The van der Waals surface area contributed by atoms with Gasteiger partial charge in [0.1, 0.15) is 0 Å². The van der Waals surface area contributed by atoms with Crippen LogP contribution >= 0.6 is 0 Å². The Hall–Kier alpha value is -1.85. The molecule has 3 fully saturated rings. The monoisotopic (exact) mass is 358 g/mol. The Bertz CT molecular complexity index is 727. The van der Waals surface area contributed by atoms with Gasteiger partial charge in [0.15, 0.2) is 0 Å². The topological polar surface area (TPSA) is 67.2 Å². The third kappa shape index (κ3) is 2.83. The predicted molar refractivity (Wildman–Crippen MR) is 98.4 cm³/mol. The van der Waals surface area contributed by atoms with E-state index in [1.165, 1.54) is 0 Å². The summed E-state index contributed by atoms with van der Waals surface area (Å²) >= 11 is 0. The zero-order valence-electron chi connectivity index (χ0n) is 16.1. The van der Waals surface area contributed by atoms with Crippen molar-refractivity contribution in [1.82, 2.24) is 20.0 Å². The van der Waals surface area contributed by atoms with Crippen LogP contribution in [0.25, 0.3) is 0 Å². The maximum absolute atomic E-state index is 12.6. The van der Waals surface area contributed by atoms with Gasteiger partial charge in [0, 0.05) is 48.3 Å². The summed E-state index contributed by atoms with van der Waals surface area (Å²) in [6.07, 6.45) is 9.06. The lowest BCUT2D eigenvalue weighted by atomic mass is 9.96. The number of carbonyl (C=O) groups is 2. The van der Waals surface area contributed by atoms with E-state index in [0.29, 0.717) is 36.8 Å². The van der Waals surface area contributed by atoms with Crippen molar-refractivity contribution >= 4 is 11.8 Å². The minimum atomic E-state index is -0.0550. The van der Waals surface area contributed by atoms with Crippen LogP contribution < -0.4 is 5.32 Å². The molecule has 0 aromatic carbocycles. The molecule has 2 saturated heterocycles. The summed E-state index contributed by atoms with van der Waals surface area (Å²) in [5.74, 6) is 0.872. The first-order chi connectivity index (χ1) is 12.4. The van der Waals surface area contributed by atoms with Gasteiger partial charge < -0.3 is 10.2 Å². The zero-order valence-corrected chi connectivity index (χ0v) is 16.1. The van der Waals surface area contributed by atoms with Crippen LogP contribution in [-0.4, -0.2) is 44.1 Å². The first-order valence-electron chi connectivity index (χ1n) is 10.0. The van der Waals surface area contributed by atoms with E-state index in [9.17, 15) is 9.59 Å². The average Bonchev–Trinajstić information content (AvgIpc) is 3.08. The molecule has 0 radical (unpaired) electrons. The maximum Gasteiger partial charge on any atom is 0.224 e. The van der Waals surface area contributed by atoms with Gasteiger partial charge in [-0.05, 0) is 39.0 Å². The molecule has 0 unspecified atom stereocenters. The molecule has 26 heavy (non-hydrogen) atoms. The van der Waals surface area contributed by atoms with E-state index in [0.717, 1.165) is 49.8 Å². The first kappa shape index (κ1) is 17.6. The highest BCUT2D eigenvalue weighted by atomic mass is 16.2. The predicted octanol–water partition coefficient (Wildman–Crippen LogP) is 2.10. The number of piperidine rings is 1. The Morgan fingerprint density at radius 3 is 2.85 bits per heavy atom. The fourth-order valence-corrected chi connectivity index (χ4v) is 5.25. The molecule has 3 heterocycles. The molecule has 1 N–H and O–H groups in total. The minimum Gasteiger partial charge on any atom is -0.350 e. The number of amides is 2. The number of carbonyl (C=O) groups excluding carboxylic acids is 2. The Morgan fingerprint density at radius 2 is 2.15 bits per heavy atom. The van der Waals surface area contributed by atoms with E-state index in [-0.39, 0.29) is 11.4 Å². The highest BCUT2D eigenvalue weighted by Gasteiger charge is 2.66. The second-order valence-electron chi connectivity index (χ2n) is 8.48. The number of hydrogen-bond donors (Lipinski definition) is 1. The molecule has 2 bridgehead atoms. The summed E-state index contributed by atoms with van der Waals surface area (Å²) in [5, 5.41) is 7.57. The molecule has 2 amide bonds. The molecule has 1 aromatic rings. The van der Waals surface area contributed by atoms with Gasteiger partial charge in [-0.1, -0.05) is 13.3 Å². The number of aryl methyl sites for hydroxylation is 1. The van der Waals surface area contributed by atoms with Crippen LogP contribution in [-0.2, 0) is 23.1 Å². The van der Waals surface area contributed by atoms with Crippen molar-refractivity contribution in [3.8, 4) is 0 Å². The normalized spacial score (nSPS) is 31.7. The van der Waals surface area contributed by atoms with Crippen LogP contribution in [0.15, 0.2) is 6.20 Å². The van der Waals surface area contributed by atoms with E-state index >= 15 is 0 Å². The summed E-state index contributed by atoms with van der Waals surface area (Å²) < 4.78 is 1.81. The number of nitrogens with one attached hydrogen (secondary N) is 1. The summed E-state index contributed by atoms with van der Waals surface area (Å²) in [7, 11) is 1.90. The molecule has 0 spiro atoms. The van der Waals surface area contributed by atoms with Crippen molar-refractivity contribution in [2.75, 3.05) is 0 Å². The van der Waals surface area contributed by atoms with Gasteiger partial charge in [-0.3, -0.25) is 14.3 Å². The van der Waals surface area contributed by atoms with Crippen molar-refractivity contribution in [3.63, 3.8) is 0 Å². The number of rotatable bonds is 6. The third-order valence-electron chi connectivity index (χ3n) is 6.85. The fourth-order valence-electron chi connectivity index (χ4n) is 5.25. The SMILES string of the molecule is CCCCC(=O)N1[C@@H]2CC[C@H]1[C@@H]1C[C@]1(NC(=O)Cc1cnn(C)c1C)C2. The molecule has 1 aliphatic carbocycles. The van der Waals surface area contributed by atoms with E-state index in [1.54, 1.807) is 10.9 Å². The van der Waals surface area contributed by atoms with Crippen molar-refractivity contribution in [2.45, 2.75) is 82.8 Å². The smallest absolute Gasteiger partial charge is 0.224 e. The molecular formula is C20H30N4O2. The van der Waals surface area contributed by atoms with E-state index in [2.05, 4.69) is 22.2 Å². The molecule has 142 valence electrons. The van der Waals surface area contributed by atoms with Gasteiger partial charge in [-0.15, -0.1) is 0 Å². The number of fused-ring (bicyclic) bond motifs is 4. The Balaban J connectivity index is 1.39. The van der Waals surface area contributed by atoms with Crippen molar-refractivity contribution in [3.05, 3.63) is 17.5 Å². The van der Waals surface area contributed by atoms with Gasteiger partial charge in [0.25, 0.3) is 0 Å². The minimum absolute atomic E-state index is 0.0550. The number of unbranched alkanes of at least 4 members (excludes halogenated alkanes) is 1. The third-order valence-corrected chi connectivity index (χ3v) is 6.85. The van der Waals surface area contributed by atoms with Crippen LogP contribution in [0.2, 0.25) is 0 Å². The van der Waals surface area contributed by atoms with E-state index < -0.39 is 0 Å². The number of aromatic nitrogens is 2. The van der Waals surface area contributed by atoms with E-state index in [1.807, 2.05) is 14.0 Å². The van der Waals surface area contributed by atoms with Gasteiger partial charge in [-0.2, -0.15) is 5.10 Å². The Labute approximate surface area is 155 Å². The zero-order chi connectivity index (χ0) is 18.5. The van der Waals surface area contributed by atoms with Crippen molar-refractivity contribution in [2.24, 2.45) is 13.0 Å². The summed E-state index contributed by atoms with van der Waals surface area (Å²) in [6, 6.07) is 0.669. The molecule has 2 aliphatic heterocycles. The number of hydrogen-bond acceptors (Lipinski definition) is 3. The quantitative estimate of drug-likeness (QED) is 0.847. The molecule has 1 saturated carbocycles. The number of nitrogens with zero attached hydrogens (tertiary/aromatic N) is 3. The largest absolute Gasteiger partial charge is 0.350 e. The van der Waals surface area contributed by atoms with E-state index in [4.69, 9.17) is 0 Å². The lowest BCUT2D eigenvalue weighted by Gasteiger charge is -2.39. The van der Waals surface area contributed by atoms with Crippen LogP contribution in [0.3, 0.4) is 0 Å². The second-order valence-corrected chi connectivity index (χ2v) is 8.48. The lowest BCUT2D eigenvalue weighted by molar-refractivity contribution is -0.136. The standard InChI is InChI=1S/C20H30N4O2/c1-4-5-6-19(26)24-15-7-8-17(24)16-11-20(16,10-15)22-18(25)9-14-12-21-23(3)13(14)2/h12,15-17H,4-11H2,1-3H3,(H,22,25)/t15-,16+,17+,20-/m1/s1. The molecular weight excluding hydrogens is 328 g/mol. The molecule has 6 heteroatoms. The average molecular weight is 358 g/mol. The molecule has 6 nitrogen and oxygen atoms in total. The maximum atomic E-state index is 12.6. The summed E-state index contributed by atoms with van der Waals surface area (Å²) in [5.41, 5.74) is 1.98. The van der Waals surface area contributed by atoms with Crippen LogP contribution in [0.1, 0.15) is 63.1 Å². The summed E-state index contributed by atoms with van der Waals surface area (Å²) in [4.78, 5) is 27.4. The highest BCUT2D eigenvalue weighted by molar-refractivity contribution is 5.81. The Kier molecular flexibility index (Phi) is 4.32. The van der Waals surface area contributed by atoms with Gasteiger partial charge in [-0.25, -0.2) is 0 Å². The molecule has 1 aromatic heterocycles. The van der Waals surface area contributed by atoms with Gasteiger partial charge in [0.05, 0.1) is 12.6 Å². The summed E-state index contributed by atoms with van der Waals surface area (Å²) in [6.45, 7) is 4.12.